The monoisotopic (exact) mass is 420 g/mol. The molecule has 0 aliphatic rings. The minimum Gasteiger partial charge on any atom is -0.303 e. The van der Waals surface area contributed by atoms with E-state index in [1.54, 1.807) is 26.0 Å². The Balaban J connectivity index is 0. The van der Waals surface area contributed by atoms with Crippen LogP contribution in [0.2, 0.25) is 5.04 Å². The van der Waals surface area contributed by atoms with Crippen molar-refractivity contribution in [2.45, 2.75) is 44.6 Å². The molecule has 148 valence electrons. The molecule has 0 aliphatic carbocycles. The van der Waals surface area contributed by atoms with Gasteiger partial charge in [-0.05, 0) is 0 Å². The summed E-state index contributed by atoms with van der Waals surface area (Å²) < 4.78 is 21.6. The zero-order chi connectivity index (χ0) is 20.3. The van der Waals surface area contributed by atoms with Crippen molar-refractivity contribution < 1.29 is 38.3 Å². The van der Waals surface area contributed by atoms with Crippen LogP contribution < -0.4 is 0 Å². The molecule has 0 aromatic heterocycles. The Hall–Kier alpha value is -0.210. The number of phosphoric acid groups is 1. The van der Waals surface area contributed by atoms with Crippen LogP contribution >= 0.6 is 7.82 Å². The largest absolute Gasteiger partial charge is 0.466 e. The van der Waals surface area contributed by atoms with E-state index in [4.69, 9.17) is 28.7 Å². The molecule has 10 heteroatoms. The van der Waals surface area contributed by atoms with Crippen molar-refractivity contribution in [1.82, 2.24) is 0 Å². The Morgan fingerprint density at radius 1 is 0.846 bits per heavy atom. The molecule has 0 heterocycles. The van der Waals surface area contributed by atoms with Gasteiger partial charge in [0.05, 0.1) is 0 Å². The molecular weight excluding hydrogens is 391 g/mol. The number of esters is 2. The second-order valence-electron chi connectivity index (χ2n) is 5.32. The zero-order valence-electron chi connectivity index (χ0n) is 15.5. The van der Waals surface area contributed by atoms with Crippen LogP contribution in [0.25, 0.3) is 0 Å². The van der Waals surface area contributed by atoms with Crippen molar-refractivity contribution in [2.75, 3.05) is 13.2 Å². The van der Waals surface area contributed by atoms with Crippen LogP contribution in [0.15, 0.2) is 24.3 Å². The van der Waals surface area contributed by atoms with Crippen molar-refractivity contribution in [3.05, 3.63) is 24.3 Å². The summed E-state index contributed by atoms with van der Waals surface area (Å²) in [5.41, 5.74) is 0. The van der Waals surface area contributed by atoms with E-state index in [-0.39, 0.29) is 11.9 Å². The Labute approximate surface area is 173 Å². The fourth-order valence-electron chi connectivity index (χ4n) is 1.80. The number of carbonyl (C=O) groups excluding carboxylic acids is 2. The Morgan fingerprint density at radius 3 is 1.50 bits per heavy atom. The second-order valence-corrected chi connectivity index (χ2v) is 9.66. The quantitative estimate of drug-likeness (QED) is 0.144. The van der Waals surface area contributed by atoms with Gasteiger partial charge in [-0.25, -0.2) is 4.57 Å². The maximum atomic E-state index is 11.0. The van der Waals surface area contributed by atoms with Crippen molar-refractivity contribution >= 4 is 53.6 Å². The van der Waals surface area contributed by atoms with Gasteiger partial charge >= 0.3 is 155 Å². The predicted molar refractivity (Wildman–Crippen MR) is 99.6 cm³/mol. The molecule has 0 radical (unpaired) electrons. The number of hydrogen-bond acceptors (Lipinski definition) is 5. The first kappa shape index (κ1) is 28.0. The van der Waals surface area contributed by atoms with Gasteiger partial charge in [0.1, 0.15) is 0 Å². The average molecular weight is 420 g/mol. The topological polar surface area (TPSA) is 130 Å². The third kappa shape index (κ3) is 31.5. The van der Waals surface area contributed by atoms with E-state index >= 15 is 0 Å². The normalized spacial score (nSPS) is 11.0. The van der Waals surface area contributed by atoms with Gasteiger partial charge in [-0.1, -0.05) is 0 Å². The molecule has 0 saturated carbocycles. The van der Waals surface area contributed by atoms with Crippen molar-refractivity contribution in [3.8, 4) is 0 Å². The van der Waals surface area contributed by atoms with E-state index in [2.05, 4.69) is 0 Å². The maximum Gasteiger partial charge on any atom is 0.466 e. The van der Waals surface area contributed by atoms with Crippen molar-refractivity contribution in [3.63, 3.8) is 0 Å². The summed E-state index contributed by atoms with van der Waals surface area (Å²) in [6.45, 7) is 4.67. The number of unbranched alkanes of at least 4 members (excludes halogenated alkanes) is 2. The fourth-order valence-corrected chi connectivity index (χ4v) is 4.56. The van der Waals surface area contributed by atoms with E-state index in [9.17, 15) is 9.59 Å². The molecule has 0 atom stereocenters. The van der Waals surface area contributed by atoms with Crippen molar-refractivity contribution in [2.24, 2.45) is 0 Å². The molecule has 0 aliphatic heterocycles. The molecule has 0 fully saturated rings. The molecule has 3 N–H and O–H groups in total. The first-order valence-corrected chi connectivity index (χ1v) is 13.3. The van der Waals surface area contributed by atoms with E-state index in [0.717, 1.165) is 12.8 Å². The molecule has 26 heavy (non-hydrogen) atoms. The summed E-state index contributed by atoms with van der Waals surface area (Å²) in [4.78, 5) is 43.6. The SMILES string of the molecule is CC=CC(=O)OCCC[CH2][Ca][CH2]CCCOC(=O)C=CC.O=P(O)(O)O. The summed E-state index contributed by atoms with van der Waals surface area (Å²) in [6, 6.07) is 0. The molecule has 0 unspecified atom stereocenters. The van der Waals surface area contributed by atoms with E-state index in [1.807, 2.05) is 0 Å². The molecule has 0 saturated heterocycles. The van der Waals surface area contributed by atoms with Crippen LogP contribution in [-0.4, -0.2) is 73.7 Å². The summed E-state index contributed by atoms with van der Waals surface area (Å²) in [7, 11) is -4.64. The van der Waals surface area contributed by atoms with E-state index < -0.39 is 41.7 Å². The Morgan fingerprint density at radius 2 is 1.19 bits per heavy atom. The summed E-state index contributed by atoms with van der Waals surface area (Å²) >= 11 is -0.426. The molecule has 0 aromatic rings. The number of carbonyl (C=O) groups is 2. The first-order valence-electron chi connectivity index (χ1n) is 8.58. The number of ether oxygens (including phenoxy) is 2. The Bertz CT molecular complexity index is 433. The van der Waals surface area contributed by atoms with Gasteiger partial charge in [-0.2, -0.15) is 0 Å². The second kappa shape index (κ2) is 19.5. The van der Waals surface area contributed by atoms with Crippen LogP contribution in [0.3, 0.4) is 0 Å². The number of hydrogen-bond donors (Lipinski definition) is 3. The van der Waals surface area contributed by atoms with Gasteiger partial charge in [0.2, 0.25) is 0 Å². The minimum absolute atomic E-state index is 0.244. The van der Waals surface area contributed by atoms with Gasteiger partial charge in [-0.3, -0.25) is 0 Å². The molecule has 0 spiro atoms. The van der Waals surface area contributed by atoms with Crippen molar-refractivity contribution in [1.29, 1.82) is 0 Å². The van der Waals surface area contributed by atoms with Crippen LogP contribution in [0.5, 0.6) is 0 Å². The van der Waals surface area contributed by atoms with Gasteiger partial charge < -0.3 is 14.7 Å². The molecule has 0 amide bonds. The standard InChI is InChI=1S/2C8H13O2.Ca.H3O4P/c2*1-3-5-7-10-8(9)6-4-2;;1-5(2,3)4/h2*4,6H,1,3,5,7H2,2H3;;(H3,1,2,3,4). The maximum absolute atomic E-state index is 11.0. The van der Waals surface area contributed by atoms with E-state index in [1.165, 1.54) is 30.0 Å². The zero-order valence-corrected chi connectivity index (χ0v) is 18.6. The van der Waals surface area contributed by atoms with Crippen LogP contribution in [0, 0.1) is 0 Å². The van der Waals surface area contributed by atoms with Gasteiger partial charge in [-0.15, -0.1) is 0 Å². The van der Waals surface area contributed by atoms with E-state index in [0.29, 0.717) is 13.2 Å². The third-order valence-corrected chi connectivity index (χ3v) is 6.01. The molecular formula is C16H29CaO8P. The average Bonchev–Trinajstić information content (AvgIpc) is 2.51. The molecule has 8 nitrogen and oxygen atoms in total. The first-order chi connectivity index (χ1) is 12.2. The summed E-state index contributed by atoms with van der Waals surface area (Å²) in [6.07, 6.45) is 10.5. The van der Waals surface area contributed by atoms with Gasteiger partial charge in [0, 0.05) is 0 Å². The summed E-state index contributed by atoms with van der Waals surface area (Å²) in [5, 5.41) is 0. The van der Waals surface area contributed by atoms with Crippen LogP contribution in [0.1, 0.15) is 39.5 Å². The Kier molecular flexibility index (Phi) is 21.1. The predicted octanol–water partition coefficient (Wildman–Crippen LogP) is 2.40. The minimum atomic E-state index is -4.64. The van der Waals surface area contributed by atoms with Crippen LogP contribution in [-0.2, 0) is 23.6 Å². The van der Waals surface area contributed by atoms with Gasteiger partial charge in [0.15, 0.2) is 0 Å². The smallest absolute Gasteiger partial charge is 0.303 e. The third-order valence-electron chi connectivity index (χ3n) is 2.88. The van der Waals surface area contributed by atoms with Crippen LogP contribution in [0.4, 0.5) is 0 Å². The fraction of sp³-hybridized carbons (Fsp3) is 0.625. The van der Waals surface area contributed by atoms with Gasteiger partial charge in [0.25, 0.3) is 0 Å². The number of allylic oxidation sites excluding steroid dienone is 2. The molecule has 0 bridgehead atoms. The summed E-state index contributed by atoms with van der Waals surface area (Å²) in [5.74, 6) is -0.488. The molecule has 0 aromatic carbocycles. The molecule has 0 rings (SSSR count). The number of rotatable bonds is 12.